The average Bonchev–Trinajstić information content (AvgIpc) is 3.18. The topological polar surface area (TPSA) is 82.4 Å². The number of halogens is 1. The Balaban J connectivity index is 1.70. The standard InChI is InChI=1S/C28H24FN3O3S/c1-3-35-23-14-12-22(13-15-23)32-27(34)25(16-19-6-8-20(29)9-7-19)36-28(32)24(17-30)26(33)31-21-10-4-18(2)5-11-21/h4-15,25H,3,16H2,1-2H3,(H,31,33)/b28-24-. The van der Waals surface area contributed by atoms with Gasteiger partial charge in [-0.2, -0.15) is 5.26 Å². The smallest absolute Gasteiger partial charge is 0.269 e. The summed E-state index contributed by atoms with van der Waals surface area (Å²) in [6.45, 7) is 4.31. The van der Waals surface area contributed by atoms with E-state index in [1.54, 1.807) is 48.5 Å². The molecule has 0 aromatic heterocycles. The van der Waals surface area contributed by atoms with Crippen LogP contribution in [0.5, 0.6) is 5.75 Å². The molecule has 4 rings (SSSR count). The van der Waals surface area contributed by atoms with Crippen molar-refractivity contribution in [3.63, 3.8) is 0 Å². The van der Waals surface area contributed by atoms with E-state index >= 15 is 0 Å². The lowest BCUT2D eigenvalue weighted by molar-refractivity contribution is -0.117. The van der Waals surface area contributed by atoms with Crippen LogP contribution in [0.4, 0.5) is 15.8 Å². The molecule has 1 saturated heterocycles. The zero-order valence-electron chi connectivity index (χ0n) is 19.8. The first-order valence-corrected chi connectivity index (χ1v) is 12.3. The van der Waals surface area contributed by atoms with E-state index in [2.05, 4.69) is 5.32 Å². The van der Waals surface area contributed by atoms with Crippen molar-refractivity contribution in [2.45, 2.75) is 25.5 Å². The van der Waals surface area contributed by atoms with Crippen molar-refractivity contribution in [2.24, 2.45) is 0 Å². The maximum atomic E-state index is 13.6. The minimum Gasteiger partial charge on any atom is -0.494 e. The Labute approximate surface area is 213 Å². The summed E-state index contributed by atoms with van der Waals surface area (Å²) < 4.78 is 18.9. The molecule has 1 fully saturated rings. The lowest BCUT2D eigenvalue weighted by Gasteiger charge is -2.19. The van der Waals surface area contributed by atoms with Crippen LogP contribution in [0.15, 0.2) is 83.4 Å². The molecule has 0 radical (unpaired) electrons. The van der Waals surface area contributed by atoms with Gasteiger partial charge in [-0.1, -0.05) is 41.6 Å². The van der Waals surface area contributed by atoms with Crippen LogP contribution in [0, 0.1) is 24.1 Å². The number of hydrogen-bond donors (Lipinski definition) is 1. The molecule has 6 nitrogen and oxygen atoms in total. The highest BCUT2D eigenvalue weighted by atomic mass is 32.2. The number of anilines is 2. The number of carbonyl (C=O) groups excluding carboxylic acids is 2. The molecule has 0 saturated carbocycles. The predicted molar refractivity (Wildman–Crippen MR) is 139 cm³/mol. The van der Waals surface area contributed by atoms with Crippen molar-refractivity contribution < 1.29 is 18.7 Å². The van der Waals surface area contributed by atoms with Gasteiger partial charge in [0.25, 0.3) is 5.91 Å². The van der Waals surface area contributed by atoms with Crippen LogP contribution in [0.1, 0.15) is 18.1 Å². The van der Waals surface area contributed by atoms with Crippen LogP contribution in [-0.4, -0.2) is 23.7 Å². The Morgan fingerprint density at radius 2 is 1.75 bits per heavy atom. The second kappa shape index (κ2) is 11.1. The number of aryl methyl sites for hydroxylation is 1. The summed E-state index contributed by atoms with van der Waals surface area (Å²) in [7, 11) is 0. The summed E-state index contributed by atoms with van der Waals surface area (Å²) in [5, 5.41) is 12.4. The molecule has 1 heterocycles. The number of nitrogens with one attached hydrogen (secondary N) is 1. The molecular weight excluding hydrogens is 477 g/mol. The van der Waals surface area contributed by atoms with E-state index < -0.39 is 11.2 Å². The SMILES string of the molecule is CCOc1ccc(N2C(=O)C(Cc3ccc(F)cc3)S/C2=C(/C#N)C(=O)Nc2ccc(C)cc2)cc1. The molecule has 1 atom stereocenters. The number of ether oxygens (including phenoxy) is 1. The van der Waals surface area contributed by atoms with Gasteiger partial charge in [0.2, 0.25) is 5.91 Å². The molecule has 8 heteroatoms. The van der Waals surface area contributed by atoms with E-state index in [-0.39, 0.29) is 22.3 Å². The van der Waals surface area contributed by atoms with Crippen molar-refractivity contribution >= 4 is 35.0 Å². The average molecular weight is 502 g/mol. The highest BCUT2D eigenvalue weighted by molar-refractivity contribution is 8.05. The van der Waals surface area contributed by atoms with Crippen molar-refractivity contribution in [2.75, 3.05) is 16.8 Å². The van der Waals surface area contributed by atoms with Crippen LogP contribution in [0.2, 0.25) is 0 Å². The van der Waals surface area contributed by atoms with Crippen molar-refractivity contribution in [1.82, 2.24) is 0 Å². The molecule has 1 aliphatic rings. The third-order valence-electron chi connectivity index (χ3n) is 5.56. The van der Waals surface area contributed by atoms with Gasteiger partial charge in [0, 0.05) is 11.4 Å². The molecule has 36 heavy (non-hydrogen) atoms. The molecule has 1 N–H and O–H groups in total. The molecule has 0 spiro atoms. The minimum atomic E-state index is -0.602. The number of rotatable bonds is 7. The van der Waals surface area contributed by atoms with Crippen LogP contribution >= 0.6 is 11.8 Å². The van der Waals surface area contributed by atoms with Gasteiger partial charge in [-0.15, -0.1) is 0 Å². The summed E-state index contributed by atoms with van der Waals surface area (Å²) in [6.07, 6.45) is 0.319. The Bertz CT molecular complexity index is 1330. The van der Waals surface area contributed by atoms with E-state index in [1.807, 2.05) is 32.0 Å². The van der Waals surface area contributed by atoms with E-state index in [4.69, 9.17) is 4.74 Å². The number of nitriles is 1. The quantitative estimate of drug-likeness (QED) is 0.337. The molecule has 3 aromatic rings. The van der Waals surface area contributed by atoms with Crippen LogP contribution in [0.25, 0.3) is 0 Å². The molecule has 3 aromatic carbocycles. The molecule has 0 bridgehead atoms. The van der Waals surface area contributed by atoms with Gasteiger partial charge >= 0.3 is 0 Å². The first-order chi connectivity index (χ1) is 17.4. The molecule has 1 aliphatic heterocycles. The van der Waals surface area contributed by atoms with Gasteiger partial charge in [0.15, 0.2) is 0 Å². The second-order valence-corrected chi connectivity index (χ2v) is 9.34. The first-order valence-electron chi connectivity index (χ1n) is 11.4. The second-order valence-electron chi connectivity index (χ2n) is 8.15. The zero-order chi connectivity index (χ0) is 25.7. The van der Waals surface area contributed by atoms with Gasteiger partial charge in [0.05, 0.1) is 11.9 Å². The van der Waals surface area contributed by atoms with Crippen LogP contribution in [-0.2, 0) is 16.0 Å². The molecular formula is C28H24FN3O3S. The Hall–Kier alpha value is -4.09. The number of amides is 2. The Kier molecular flexibility index (Phi) is 7.71. The van der Waals surface area contributed by atoms with Gasteiger partial charge < -0.3 is 10.1 Å². The van der Waals surface area contributed by atoms with Gasteiger partial charge in [-0.05, 0) is 74.4 Å². The summed E-state index contributed by atoms with van der Waals surface area (Å²) in [4.78, 5) is 28.1. The van der Waals surface area contributed by atoms with E-state index in [1.165, 1.54) is 17.0 Å². The van der Waals surface area contributed by atoms with E-state index in [0.717, 1.165) is 22.9 Å². The summed E-state index contributed by atoms with van der Waals surface area (Å²) in [5.41, 5.74) is 2.71. The van der Waals surface area contributed by atoms with Crippen molar-refractivity contribution in [3.05, 3.63) is 100 Å². The van der Waals surface area contributed by atoms with E-state index in [9.17, 15) is 19.2 Å². The van der Waals surface area contributed by atoms with Gasteiger partial charge in [-0.3, -0.25) is 14.5 Å². The van der Waals surface area contributed by atoms with Gasteiger partial charge in [0.1, 0.15) is 28.2 Å². The number of thioether (sulfide) groups is 1. The predicted octanol–water partition coefficient (Wildman–Crippen LogP) is 5.60. The highest BCUT2D eigenvalue weighted by Crippen LogP contribution is 2.42. The fraction of sp³-hybridized carbons (Fsp3) is 0.179. The highest BCUT2D eigenvalue weighted by Gasteiger charge is 2.40. The zero-order valence-corrected chi connectivity index (χ0v) is 20.6. The number of benzene rings is 3. The molecule has 182 valence electrons. The van der Waals surface area contributed by atoms with E-state index in [0.29, 0.717) is 30.2 Å². The minimum absolute atomic E-state index is 0.163. The number of carbonyl (C=O) groups is 2. The maximum Gasteiger partial charge on any atom is 0.269 e. The largest absolute Gasteiger partial charge is 0.494 e. The normalized spacial score (nSPS) is 16.4. The lowest BCUT2D eigenvalue weighted by atomic mass is 10.1. The summed E-state index contributed by atoms with van der Waals surface area (Å²) in [5.74, 6) is -0.582. The monoisotopic (exact) mass is 501 g/mol. The van der Waals surface area contributed by atoms with Crippen LogP contribution in [0.3, 0.4) is 0 Å². The van der Waals surface area contributed by atoms with Crippen LogP contribution < -0.4 is 15.0 Å². The fourth-order valence-corrected chi connectivity index (χ4v) is 5.05. The number of nitrogens with zero attached hydrogens (tertiary/aromatic N) is 2. The third kappa shape index (κ3) is 5.58. The molecule has 1 unspecified atom stereocenters. The van der Waals surface area contributed by atoms with Gasteiger partial charge in [-0.25, -0.2) is 4.39 Å². The first kappa shape index (κ1) is 25.0. The lowest BCUT2D eigenvalue weighted by Crippen LogP contribution is -2.30. The maximum absolute atomic E-state index is 13.6. The third-order valence-corrected chi connectivity index (χ3v) is 6.82. The number of hydrogen-bond acceptors (Lipinski definition) is 5. The Morgan fingerprint density at radius 3 is 2.36 bits per heavy atom. The fourth-order valence-electron chi connectivity index (χ4n) is 3.75. The van der Waals surface area contributed by atoms with Crippen molar-refractivity contribution in [1.29, 1.82) is 5.26 Å². The summed E-state index contributed by atoms with van der Waals surface area (Å²) in [6, 6.07) is 22.1. The Morgan fingerprint density at radius 1 is 1.08 bits per heavy atom. The molecule has 0 aliphatic carbocycles. The summed E-state index contributed by atoms with van der Waals surface area (Å²) >= 11 is 1.16. The molecule has 2 amide bonds. The van der Waals surface area contributed by atoms with Crippen molar-refractivity contribution in [3.8, 4) is 11.8 Å².